The molecule has 1 saturated heterocycles. The van der Waals surface area contributed by atoms with E-state index in [0.29, 0.717) is 5.47 Å². The van der Waals surface area contributed by atoms with Crippen molar-refractivity contribution in [1.29, 1.82) is 0 Å². The largest absolute Gasteiger partial charge is 0.498 e. The Morgan fingerprint density at radius 2 is 1.55 bits per heavy atom. The standard InChI is InChI=1S/C16H21BO3/c1-12(18)14(11-13-9-7-6-8-10-13)17-19-15(2,3)16(4,5)20-17/h6-11H,1-5H3/b14-11+. The summed E-state index contributed by atoms with van der Waals surface area (Å²) >= 11 is 0. The third-order valence-electron chi connectivity index (χ3n) is 4.04. The van der Waals surface area contributed by atoms with Crippen molar-refractivity contribution in [3.05, 3.63) is 41.4 Å². The summed E-state index contributed by atoms with van der Waals surface area (Å²) in [4.78, 5) is 11.9. The smallest absolute Gasteiger partial charge is 0.399 e. The van der Waals surface area contributed by atoms with Crippen LogP contribution in [0.3, 0.4) is 0 Å². The Balaban J connectivity index is 2.33. The van der Waals surface area contributed by atoms with E-state index >= 15 is 0 Å². The summed E-state index contributed by atoms with van der Waals surface area (Å²) in [6.45, 7) is 9.46. The topological polar surface area (TPSA) is 35.5 Å². The monoisotopic (exact) mass is 272 g/mol. The van der Waals surface area contributed by atoms with Gasteiger partial charge in [-0.2, -0.15) is 0 Å². The predicted octanol–water partition coefficient (Wildman–Crippen LogP) is 3.29. The van der Waals surface area contributed by atoms with E-state index in [4.69, 9.17) is 9.31 Å². The molecule has 0 spiro atoms. The lowest BCUT2D eigenvalue weighted by Crippen LogP contribution is -2.41. The zero-order valence-corrected chi connectivity index (χ0v) is 12.8. The van der Waals surface area contributed by atoms with Gasteiger partial charge in [0.25, 0.3) is 0 Å². The molecule has 2 rings (SSSR count). The third-order valence-corrected chi connectivity index (χ3v) is 4.04. The number of Topliss-reactive ketones (excluding diaryl/α,β-unsaturated/α-hetero) is 1. The first-order valence-electron chi connectivity index (χ1n) is 6.86. The second kappa shape index (κ2) is 5.19. The Kier molecular flexibility index (Phi) is 3.89. The molecule has 1 aliphatic heterocycles. The Morgan fingerprint density at radius 3 is 2.00 bits per heavy atom. The third kappa shape index (κ3) is 2.86. The van der Waals surface area contributed by atoms with Gasteiger partial charge in [-0.1, -0.05) is 36.4 Å². The van der Waals surface area contributed by atoms with Crippen molar-refractivity contribution in [3.8, 4) is 0 Å². The summed E-state index contributed by atoms with van der Waals surface area (Å²) < 4.78 is 11.9. The van der Waals surface area contributed by atoms with Crippen LogP contribution in [-0.4, -0.2) is 24.1 Å². The lowest BCUT2D eigenvalue weighted by atomic mass is 9.75. The molecule has 1 heterocycles. The van der Waals surface area contributed by atoms with Crippen molar-refractivity contribution in [2.75, 3.05) is 0 Å². The van der Waals surface area contributed by atoms with Crippen LogP contribution in [0.2, 0.25) is 0 Å². The van der Waals surface area contributed by atoms with Gasteiger partial charge in [0, 0.05) is 5.47 Å². The second-order valence-corrected chi connectivity index (χ2v) is 6.15. The fraction of sp³-hybridized carbons (Fsp3) is 0.438. The minimum Gasteiger partial charge on any atom is -0.399 e. The number of hydrogen-bond acceptors (Lipinski definition) is 3. The highest BCUT2D eigenvalue weighted by molar-refractivity contribution is 6.63. The van der Waals surface area contributed by atoms with E-state index in [0.717, 1.165) is 5.56 Å². The van der Waals surface area contributed by atoms with E-state index in [2.05, 4.69) is 0 Å². The van der Waals surface area contributed by atoms with E-state index in [1.165, 1.54) is 0 Å². The quantitative estimate of drug-likeness (QED) is 0.625. The molecular weight excluding hydrogens is 251 g/mol. The molecule has 0 aromatic heterocycles. The molecule has 0 aliphatic carbocycles. The van der Waals surface area contributed by atoms with E-state index in [-0.39, 0.29) is 5.78 Å². The summed E-state index contributed by atoms with van der Waals surface area (Å²) in [5.41, 5.74) is 0.633. The van der Waals surface area contributed by atoms with Gasteiger partial charge in [0.2, 0.25) is 0 Å². The van der Waals surface area contributed by atoms with Crippen molar-refractivity contribution in [2.24, 2.45) is 0 Å². The Bertz CT molecular complexity index is 516. The molecule has 20 heavy (non-hydrogen) atoms. The summed E-state index contributed by atoms with van der Waals surface area (Å²) in [5.74, 6) is -0.0349. The highest BCUT2D eigenvalue weighted by Crippen LogP contribution is 2.38. The number of allylic oxidation sites excluding steroid dienone is 1. The molecule has 1 aromatic rings. The predicted molar refractivity (Wildman–Crippen MR) is 81.2 cm³/mol. The van der Waals surface area contributed by atoms with Crippen LogP contribution in [0, 0.1) is 0 Å². The van der Waals surface area contributed by atoms with Crippen molar-refractivity contribution >= 4 is 19.0 Å². The minimum atomic E-state index is -0.613. The molecule has 0 radical (unpaired) electrons. The summed E-state index contributed by atoms with van der Waals surface area (Å²) in [7, 11) is -0.613. The number of carbonyl (C=O) groups excluding carboxylic acids is 1. The van der Waals surface area contributed by atoms with Gasteiger partial charge < -0.3 is 9.31 Å². The average Bonchev–Trinajstić information content (AvgIpc) is 2.56. The Hall–Kier alpha value is -1.39. The fourth-order valence-electron chi connectivity index (χ4n) is 2.03. The zero-order chi connectivity index (χ0) is 15.0. The van der Waals surface area contributed by atoms with Crippen LogP contribution >= 0.6 is 0 Å². The SMILES string of the molecule is CC(=O)/C(=C\c1ccccc1)B1OC(C)(C)C(C)(C)O1. The first kappa shape index (κ1) is 15.0. The van der Waals surface area contributed by atoms with Crippen LogP contribution < -0.4 is 0 Å². The maximum Gasteiger partial charge on any atom is 0.498 e. The van der Waals surface area contributed by atoms with Crippen molar-refractivity contribution in [1.82, 2.24) is 0 Å². The summed E-state index contributed by atoms with van der Waals surface area (Å²) in [6, 6.07) is 9.73. The van der Waals surface area contributed by atoms with Gasteiger partial charge in [0.15, 0.2) is 5.78 Å². The van der Waals surface area contributed by atoms with Gasteiger partial charge in [-0.15, -0.1) is 0 Å². The molecule has 106 valence electrons. The van der Waals surface area contributed by atoms with Gasteiger partial charge in [-0.25, -0.2) is 0 Å². The maximum atomic E-state index is 11.9. The number of carbonyl (C=O) groups is 1. The minimum absolute atomic E-state index is 0.0349. The molecule has 3 nitrogen and oxygen atoms in total. The first-order chi connectivity index (χ1) is 9.23. The molecule has 0 saturated carbocycles. The van der Waals surface area contributed by atoms with Gasteiger partial charge >= 0.3 is 7.12 Å². The number of ketones is 1. The lowest BCUT2D eigenvalue weighted by Gasteiger charge is -2.32. The molecule has 1 aliphatic rings. The zero-order valence-electron chi connectivity index (χ0n) is 12.8. The molecule has 0 atom stereocenters. The molecule has 1 fully saturated rings. The second-order valence-electron chi connectivity index (χ2n) is 6.15. The average molecular weight is 272 g/mol. The van der Waals surface area contributed by atoms with E-state index in [1.54, 1.807) is 6.92 Å². The summed E-state index contributed by atoms with van der Waals surface area (Å²) in [6.07, 6.45) is 1.84. The van der Waals surface area contributed by atoms with E-state index < -0.39 is 18.3 Å². The first-order valence-corrected chi connectivity index (χ1v) is 6.86. The molecule has 0 bridgehead atoms. The summed E-state index contributed by atoms with van der Waals surface area (Å²) in [5, 5.41) is 0. The molecule has 0 unspecified atom stereocenters. The maximum absolute atomic E-state index is 11.9. The number of rotatable bonds is 3. The van der Waals surface area contributed by atoms with Crippen molar-refractivity contribution < 1.29 is 14.1 Å². The van der Waals surface area contributed by atoms with E-state index in [1.807, 2.05) is 64.1 Å². The van der Waals surface area contributed by atoms with Crippen molar-refractivity contribution in [2.45, 2.75) is 45.8 Å². The molecule has 0 amide bonds. The number of benzene rings is 1. The van der Waals surface area contributed by atoms with Gasteiger partial charge in [-0.3, -0.25) is 4.79 Å². The normalized spacial score (nSPS) is 21.1. The van der Waals surface area contributed by atoms with Gasteiger partial charge in [0.1, 0.15) is 0 Å². The lowest BCUT2D eigenvalue weighted by molar-refractivity contribution is -0.113. The molecule has 1 aromatic carbocycles. The van der Waals surface area contributed by atoms with Gasteiger partial charge in [-0.05, 0) is 40.2 Å². The number of hydrogen-bond donors (Lipinski definition) is 0. The van der Waals surface area contributed by atoms with Crippen LogP contribution in [0.4, 0.5) is 0 Å². The fourth-order valence-corrected chi connectivity index (χ4v) is 2.03. The van der Waals surface area contributed by atoms with Crippen LogP contribution in [0.15, 0.2) is 35.8 Å². The van der Waals surface area contributed by atoms with Crippen LogP contribution in [-0.2, 0) is 14.1 Å². The van der Waals surface area contributed by atoms with Crippen molar-refractivity contribution in [3.63, 3.8) is 0 Å². The van der Waals surface area contributed by atoms with Crippen LogP contribution in [0.5, 0.6) is 0 Å². The molecule has 4 heteroatoms. The highest BCUT2D eigenvalue weighted by atomic mass is 16.7. The Labute approximate surface area is 121 Å². The molecule has 0 N–H and O–H groups in total. The van der Waals surface area contributed by atoms with E-state index in [9.17, 15) is 4.79 Å². The van der Waals surface area contributed by atoms with Crippen LogP contribution in [0.1, 0.15) is 40.2 Å². The Morgan fingerprint density at radius 1 is 1.05 bits per heavy atom. The highest BCUT2D eigenvalue weighted by Gasteiger charge is 2.53. The van der Waals surface area contributed by atoms with Crippen LogP contribution in [0.25, 0.3) is 6.08 Å². The molecular formula is C16H21BO3. The van der Waals surface area contributed by atoms with Gasteiger partial charge in [0.05, 0.1) is 11.2 Å².